The lowest BCUT2D eigenvalue weighted by Gasteiger charge is -2.45. The molecule has 3 aliphatic heterocycles. The highest BCUT2D eigenvalue weighted by atomic mass is 35.5. The number of benzene rings is 2. The number of halogens is 1. The fraction of sp³-hybridized carbons (Fsp3) is 0.500. The van der Waals surface area contributed by atoms with Crippen LogP contribution in [0.1, 0.15) is 101 Å². The number of anilines is 1. The molecule has 0 spiro atoms. The van der Waals surface area contributed by atoms with Crippen LogP contribution in [0.15, 0.2) is 48.8 Å². The number of carbonyl (C=O) groups is 5. The van der Waals surface area contributed by atoms with Crippen molar-refractivity contribution in [3.8, 4) is 17.6 Å². The zero-order valence-corrected chi connectivity index (χ0v) is 34.8. The molecule has 1 unspecified atom stereocenters. The number of ether oxygens (including phenoxy) is 3. The molecule has 0 bridgehead atoms. The van der Waals surface area contributed by atoms with Gasteiger partial charge in [-0.2, -0.15) is 5.26 Å². The van der Waals surface area contributed by atoms with E-state index in [1.54, 1.807) is 55.9 Å². The average Bonchev–Trinajstić information content (AvgIpc) is 3.49. The molecule has 16 nitrogen and oxygen atoms in total. The maximum Gasteiger partial charge on any atom is 0.271 e. The summed E-state index contributed by atoms with van der Waals surface area (Å²) < 4.78 is 17.8. The lowest BCUT2D eigenvalue weighted by atomic mass is 9.86. The Labute approximate surface area is 358 Å². The van der Waals surface area contributed by atoms with Crippen LogP contribution in [0.2, 0.25) is 5.02 Å². The molecular formula is C44H49ClN8O8. The van der Waals surface area contributed by atoms with Gasteiger partial charge in [-0.05, 0) is 81.2 Å². The Morgan fingerprint density at radius 2 is 1.64 bits per heavy atom. The molecule has 1 atom stereocenters. The van der Waals surface area contributed by atoms with Crippen molar-refractivity contribution in [2.45, 2.75) is 94.5 Å². The molecule has 2 aromatic carbocycles. The number of nitrogens with one attached hydrogen (secondary N) is 2. The molecule has 17 heteroatoms. The second-order valence-corrected chi connectivity index (χ2v) is 16.9. The quantitative estimate of drug-likeness (QED) is 0.218. The van der Waals surface area contributed by atoms with Crippen molar-refractivity contribution < 1.29 is 38.2 Å². The van der Waals surface area contributed by atoms with Crippen LogP contribution in [0, 0.1) is 17.2 Å². The molecule has 320 valence electrons. The van der Waals surface area contributed by atoms with Crippen LogP contribution >= 0.6 is 11.6 Å². The molecule has 5 amide bonds. The molecule has 0 radical (unpaired) electrons. The third-order valence-electron chi connectivity index (χ3n) is 12.6. The minimum Gasteiger partial charge on any atom is -0.490 e. The number of amides is 5. The summed E-state index contributed by atoms with van der Waals surface area (Å²) in [6.45, 7) is 4.02. The Bertz CT molecular complexity index is 2200. The van der Waals surface area contributed by atoms with Gasteiger partial charge in [0, 0.05) is 70.7 Å². The average molecular weight is 853 g/mol. The number of hydrogen-bond acceptors (Lipinski definition) is 13. The Morgan fingerprint density at radius 3 is 2.33 bits per heavy atom. The fourth-order valence-corrected chi connectivity index (χ4v) is 9.21. The van der Waals surface area contributed by atoms with Crippen LogP contribution in [-0.4, -0.2) is 120 Å². The van der Waals surface area contributed by atoms with Gasteiger partial charge >= 0.3 is 0 Å². The van der Waals surface area contributed by atoms with E-state index in [1.165, 1.54) is 0 Å². The molecule has 4 fully saturated rings. The van der Waals surface area contributed by atoms with E-state index in [0.29, 0.717) is 40.7 Å². The highest BCUT2D eigenvalue weighted by molar-refractivity contribution is 6.31. The Morgan fingerprint density at radius 1 is 0.918 bits per heavy atom. The molecule has 3 aromatic rings. The van der Waals surface area contributed by atoms with E-state index in [0.717, 1.165) is 88.3 Å². The van der Waals surface area contributed by atoms with Gasteiger partial charge in [0.1, 0.15) is 41.2 Å². The molecule has 2 N–H and O–H groups in total. The molecule has 1 aromatic heterocycles. The number of rotatable bonds is 14. The van der Waals surface area contributed by atoms with Crippen LogP contribution in [0.4, 0.5) is 5.82 Å². The van der Waals surface area contributed by atoms with Gasteiger partial charge in [0.05, 0.1) is 46.8 Å². The lowest BCUT2D eigenvalue weighted by molar-refractivity contribution is -0.136. The number of nitrogens with zero attached hydrogens (tertiary/aromatic N) is 6. The van der Waals surface area contributed by atoms with Gasteiger partial charge in [-0.25, -0.2) is 9.97 Å². The van der Waals surface area contributed by atoms with Crippen molar-refractivity contribution in [2.75, 3.05) is 44.8 Å². The van der Waals surface area contributed by atoms with Gasteiger partial charge in [0.25, 0.3) is 17.7 Å². The number of nitriles is 1. The summed E-state index contributed by atoms with van der Waals surface area (Å²) in [5, 5.41) is 14.8. The van der Waals surface area contributed by atoms with E-state index in [9.17, 15) is 24.0 Å². The van der Waals surface area contributed by atoms with Crippen molar-refractivity contribution in [3.05, 3.63) is 76.2 Å². The van der Waals surface area contributed by atoms with Crippen LogP contribution in [0.5, 0.6) is 11.5 Å². The number of piperidine rings is 2. The zero-order valence-electron chi connectivity index (χ0n) is 34.0. The van der Waals surface area contributed by atoms with E-state index < -0.39 is 29.7 Å². The van der Waals surface area contributed by atoms with Gasteiger partial charge in [0.15, 0.2) is 0 Å². The first-order chi connectivity index (χ1) is 29.6. The highest BCUT2D eigenvalue weighted by Gasteiger charge is 2.45. The first-order valence-corrected chi connectivity index (χ1v) is 21.4. The Kier molecular flexibility index (Phi) is 12.8. The Hall–Kier alpha value is -5.63. The van der Waals surface area contributed by atoms with Crippen LogP contribution < -0.4 is 25.0 Å². The molecule has 2 saturated heterocycles. The van der Waals surface area contributed by atoms with E-state index in [4.69, 9.17) is 31.1 Å². The summed E-state index contributed by atoms with van der Waals surface area (Å²) in [6.07, 6.45) is 10.1. The monoisotopic (exact) mass is 852 g/mol. The number of imide groups is 2. The van der Waals surface area contributed by atoms with Crippen molar-refractivity contribution in [1.82, 2.24) is 30.4 Å². The number of hydrogen-bond donors (Lipinski definition) is 2. The van der Waals surface area contributed by atoms with E-state index in [1.807, 2.05) is 0 Å². The fourth-order valence-electron chi connectivity index (χ4n) is 8.99. The number of aromatic nitrogens is 2. The van der Waals surface area contributed by atoms with Gasteiger partial charge in [-0.15, -0.1) is 0 Å². The van der Waals surface area contributed by atoms with Gasteiger partial charge < -0.3 is 24.4 Å². The smallest absolute Gasteiger partial charge is 0.271 e. The predicted octanol–water partition coefficient (Wildman–Crippen LogP) is 4.30. The Balaban J connectivity index is 0.767. The van der Waals surface area contributed by atoms with Gasteiger partial charge in [0.2, 0.25) is 11.8 Å². The molecule has 61 heavy (non-hydrogen) atoms. The molecule has 8 rings (SSSR count). The second-order valence-electron chi connectivity index (χ2n) is 16.5. The van der Waals surface area contributed by atoms with Crippen LogP contribution in [0.3, 0.4) is 0 Å². The molecule has 5 aliphatic rings. The summed E-state index contributed by atoms with van der Waals surface area (Å²) in [7, 11) is 1.71. The van der Waals surface area contributed by atoms with Gasteiger partial charge in [-0.3, -0.25) is 39.1 Å². The summed E-state index contributed by atoms with van der Waals surface area (Å²) in [4.78, 5) is 78.3. The first-order valence-electron chi connectivity index (χ1n) is 21.1. The molecule has 2 saturated carbocycles. The molecular weight excluding hydrogens is 804 g/mol. The summed E-state index contributed by atoms with van der Waals surface area (Å²) in [5.41, 5.74) is 1.13. The summed E-state index contributed by atoms with van der Waals surface area (Å²) >= 11 is 6.15. The van der Waals surface area contributed by atoms with Crippen molar-refractivity contribution in [1.29, 1.82) is 5.26 Å². The minimum atomic E-state index is -1.01. The van der Waals surface area contributed by atoms with E-state index in [-0.39, 0.29) is 53.8 Å². The molecule has 2 aliphatic carbocycles. The van der Waals surface area contributed by atoms with Crippen molar-refractivity contribution >= 4 is 47.0 Å². The first kappa shape index (κ1) is 42.1. The normalized spacial score (nSPS) is 24.2. The maximum absolute atomic E-state index is 13.3. The standard InChI is InChI=1S/C44H49ClN8O8/c1-59-17-16-52(29-18-33(19-29)61-31-8-9-34-35(20-31)44(58)53(43(34)57)38-10-11-40(54)50-42(38)56)25-26-12-14-51(15-13-26)39-24-47-37(23-48-39)41(55)49-28-3-6-30(7-4-28)60-32-5-2-27(22-46)36(45)21-32/h2,5,8-9,20-21,23-24,26,28-30,33,38H,3-4,6-7,10-19,25H2,1H3,(H,49,55)(H,50,54,56). The molecule has 4 heterocycles. The minimum absolute atomic E-state index is 0.0105. The number of carbonyl (C=O) groups excluding carboxylic acids is 5. The van der Waals surface area contributed by atoms with E-state index in [2.05, 4.69) is 36.5 Å². The predicted molar refractivity (Wildman–Crippen MR) is 221 cm³/mol. The second kappa shape index (κ2) is 18.6. The SMILES string of the molecule is COCCN(CC1CCN(c2cnc(C(=O)NC3CCC(Oc4ccc(C#N)c(Cl)c4)CC3)cn2)CC1)C1CC(Oc2ccc3c(c2)C(=O)N(C2CCC(=O)NC2=O)C3=O)C1. The van der Waals surface area contributed by atoms with Crippen LogP contribution in [-0.2, 0) is 14.3 Å². The third kappa shape index (κ3) is 9.49. The van der Waals surface area contributed by atoms with Crippen molar-refractivity contribution in [2.24, 2.45) is 5.92 Å². The number of methoxy groups -OCH3 is 1. The van der Waals surface area contributed by atoms with E-state index >= 15 is 0 Å². The lowest BCUT2D eigenvalue weighted by Crippen LogP contribution is -2.54. The third-order valence-corrected chi connectivity index (χ3v) is 12.9. The topological polar surface area (TPSA) is 196 Å². The van der Waals surface area contributed by atoms with Gasteiger partial charge in [-0.1, -0.05) is 11.6 Å². The highest BCUT2D eigenvalue weighted by Crippen LogP contribution is 2.35. The summed E-state index contributed by atoms with van der Waals surface area (Å²) in [5.74, 6) is -0.00609. The number of fused-ring (bicyclic) bond motifs is 1. The summed E-state index contributed by atoms with van der Waals surface area (Å²) in [6, 6.07) is 11.3. The van der Waals surface area contributed by atoms with Crippen LogP contribution in [0.25, 0.3) is 0 Å². The maximum atomic E-state index is 13.3. The zero-order chi connectivity index (χ0) is 42.6. The van der Waals surface area contributed by atoms with Crippen molar-refractivity contribution in [3.63, 3.8) is 0 Å². The largest absolute Gasteiger partial charge is 0.490 e.